The Hall–Kier alpha value is -3.20. The van der Waals surface area contributed by atoms with Crippen LogP contribution in [0.2, 0.25) is 0 Å². The molecule has 0 amide bonds. The molecule has 1 unspecified atom stereocenters. The zero-order chi connectivity index (χ0) is 21.9. The number of nitrogens with zero attached hydrogens (tertiary/aromatic N) is 5. The minimum Gasteiger partial charge on any atom is -0.351 e. The monoisotopic (exact) mass is 448 g/mol. The number of sulfone groups is 1. The number of hydrogen-bond acceptors (Lipinski definition) is 5. The molecule has 3 atom stereocenters. The lowest BCUT2D eigenvalue weighted by Crippen LogP contribution is -2.47. The van der Waals surface area contributed by atoms with Crippen LogP contribution in [0.25, 0.3) is 16.8 Å². The fraction of sp³-hybridized carbons (Fsp3) is 0.348. The van der Waals surface area contributed by atoms with E-state index in [2.05, 4.69) is 37.1 Å². The Morgan fingerprint density at radius 3 is 2.84 bits per heavy atom. The molecule has 0 spiro atoms. The van der Waals surface area contributed by atoms with Crippen LogP contribution in [0.5, 0.6) is 0 Å². The number of fused-ring (bicyclic) bond motifs is 3. The van der Waals surface area contributed by atoms with Crippen LogP contribution in [-0.4, -0.2) is 42.3 Å². The molecule has 2 aliphatic rings. The van der Waals surface area contributed by atoms with Gasteiger partial charge in [0, 0.05) is 24.6 Å². The van der Waals surface area contributed by atoms with Crippen LogP contribution >= 0.6 is 0 Å². The molecule has 4 aromatic rings. The number of aromatic nitrogens is 6. The average Bonchev–Trinajstić information content (AvgIpc) is 3.59. The SMILES string of the molecule is CC1=CC=CCC1([C@@H]1CC[C@H](n2cccc2)C1)S(=O)(=O)c1nnc2cnc3[nH]ccc3n12. The highest BCUT2D eigenvalue weighted by atomic mass is 32.2. The van der Waals surface area contributed by atoms with Crippen molar-refractivity contribution in [2.45, 2.75) is 48.6 Å². The van der Waals surface area contributed by atoms with Gasteiger partial charge in [-0.1, -0.05) is 23.8 Å². The van der Waals surface area contributed by atoms with E-state index in [1.807, 2.05) is 43.4 Å². The van der Waals surface area contributed by atoms with Gasteiger partial charge < -0.3 is 9.55 Å². The highest BCUT2D eigenvalue weighted by Gasteiger charge is 2.55. The van der Waals surface area contributed by atoms with Crippen molar-refractivity contribution in [1.82, 2.24) is 29.1 Å². The van der Waals surface area contributed by atoms with Crippen LogP contribution in [0.15, 0.2) is 71.9 Å². The predicted molar refractivity (Wildman–Crippen MR) is 121 cm³/mol. The highest BCUT2D eigenvalue weighted by molar-refractivity contribution is 7.93. The number of H-pyrrole nitrogens is 1. The van der Waals surface area contributed by atoms with Gasteiger partial charge in [0.05, 0.1) is 11.7 Å². The molecular formula is C23H24N6O2S. The Labute approximate surface area is 185 Å². The van der Waals surface area contributed by atoms with Gasteiger partial charge in [0.25, 0.3) is 5.16 Å². The zero-order valence-electron chi connectivity index (χ0n) is 17.7. The van der Waals surface area contributed by atoms with Crippen molar-refractivity contribution in [3.8, 4) is 0 Å². The van der Waals surface area contributed by atoms with E-state index >= 15 is 0 Å². The van der Waals surface area contributed by atoms with Gasteiger partial charge in [-0.15, -0.1) is 10.2 Å². The van der Waals surface area contributed by atoms with E-state index in [4.69, 9.17) is 0 Å². The van der Waals surface area contributed by atoms with E-state index in [9.17, 15) is 8.42 Å². The van der Waals surface area contributed by atoms with E-state index in [1.165, 1.54) is 0 Å². The third-order valence-corrected chi connectivity index (χ3v) is 9.84. The van der Waals surface area contributed by atoms with Crippen LogP contribution in [0.3, 0.4) is 0 Å². The van der Waals surface area contributed by atoms with Gasteiger partial charge >= 0.3 is 0 Å². The Morgan fingerprint density at radius 1 is 1.19 bits per heavy atom. The molecule has 4 aromatic heterocycles. The van der Waals surface area contributed by atoms with Crippen molar-refractivity contribution in [3.05, 3.63) is 66.8 Å². The topological polar surface area (TPSA) is 97.9 Å². The molecule has 0 aromatic carbocycles. The third kappa shape index (κ3) is 2.54. The quantitative estimate of drug-likeness (QED) is 0.511. The Bertz CT molecular complexity index is 1480. The van der Waals surface area contributed by atoms with Crippen molar-refractivity contribution < 1.29 is 8.42 Å². The van der Waals surface area contributed by atoms with E-state index < -0.39 is 14.6 Å². The summed E-state index contributed by atoms with van der Waals surface area (Å²) in [5.41, 5.74) is 2.56. The van der Waals surface area contributed by atoms with Crippen molar-refractivity contribution in [1.29, 1.82) is 0 Å². The first-order valence-electron chi connectivity index (χ1n) is 10.9. The number of rotatable bonds is 4. The van der Waals surface area contributed by atoms with Crippen molar-refractivity contribution in [2.24, 2.45) is 5.92 Å². The molecule has 164 valence electrons. The first-order valence-corrected chi connectivity index (χ1v) is 12.4. The predicted octanol–water partition coefficient (Wildman–Crippen LogP) is 3.87. The summed E-state index contributed by atoms with van der Waals surface area (Å²) < 4.78 is 31.8. The minimum atomic E-state index is -3.88. The number of hydrogen-bond donors (Lipinski definition) is 1. The zero-order valence-corrected chi connectivity index (χ0v) is 18.5. The molecule has 8 nitrogen and oxygen atoms in total. The summed E-state index contributed by atoms with van der Waals surface area (Å²) in [6, 6.07) is 6.15. The molecule has 0 aliphatic heterocycles. The summed E-state index contributed by atoms with van der Waals surface area (Å²) in [6.45, 7) is 1.95. The Kier molecular flexibility index (Phi) is 4.20. The maximum atomic E-state index is 14.5. The van der Waals surface area contributed by atoms with Crippen LogP contribution in [0, 0.1) is 5.92 Å². The maximum absolute atomic E-state index is 14.5. The van der Waals surface area contributed by atoms with Gasteiger partial charge in [-0.25, -0.2) is 13.4 Å². The van der Waals surface area contributed by atoms with E-state index in [1.54, 1.807) is 16.8 Å². The molecule has 1 N–H and O–H groups in total. The molecule has 6 rings (SSSR count). The largest absolute Gasteiger partial charge is 0.351 e. The summed E-state index contributed by atoms with van der Waals surface area (Å²) in [7, 11) is -3.88. The fourth-order valence-electron chi connectivity index (χ4n) is 5.72. The van der Waals surface area contributed by atoms with Gasteiger partial charge in [-0.2, -0.15) is 0 Å². The molecule has 9 heteroatoms. The van der Waals surface area contributed by atoms with Crippen molar-refractivity contribution in [3.63, 3.8) is 0 Å². The molecule has 0 radical (unpaired) electrons. The van der Waals surface area contributed by atoms with Crippen LogP contribution in [0.1, 0.15) is 38.6 Å². The Balaban J connectivity index is 1.53. The molecule has 32 heavy (non-hydrogen) atoms. The first kappa shape index (κ1) is 19.5. The van der Waals surface area contributed by atoms with Gasteiger partial charge in [0.1, 0.15) is 4.75 Å². The average molecular weight is 449 g/mol. The second-order valence-electron chi connectivity index (χ2n) is 8.81. The third-order valence-electron chi connectivity index (χ3n) is 7.32. The summed E-state index contributed by atoms with van der Waals surface area (Å²) in [5.74, 6) is -0.0167. The van der Waals surface area contributed by atoms with Crippen molar-refractivity contribution in [2.75, 3.05) is 0 Å². The van der Waals surface area contributed by atoms with E-state index in [-0.39, 0.29) is 11.1 Å². The molecule has 0 saturated heterocycles. The summed E-state index contributed by atoms with van der Waals surface area (Å²) in [5, 5.41) is 8.36. The standard InChI is InChI=1S/C23H24N6O2S/c1-16-6-2-3-10-23(16,17-7-8-18(14-17)28-12-4-5-13-28)32(30,31)22-27-26-20-15-25-21-19(29(20)22)9-11-24-21/h2-6,9,11-13,15,17-18,24H,7-8,10,14H2,1H3/t17-,18+,23?/m1/s1. The number of nitrogens with one attached hydrogen (secondary N) is 1. The fourth-order valence-corrected chi connectivity index (χ4v) is 8.08. The van der Waals surface area contributed by atoms with Gasteiger partial charge in [-0.3, -0.25) is 4.40 Å². The Morgan fingerprint density at radius 2 is 2.03 bits per heavy atom. The van der Waals surface area contributed by atoms with Gasteiger partial charge in [-0.05, 0) is 56.7 Å². The minimum absolute atomic E-state index is 0.00744. The second kappa shape index (κ2) is 6.90. The molecule has 0 bridgehead atoms. The number of aromatic amines is 1. The smallest absolute Gasteiger partial charge is 0.255 e. The number of allylic oxidation sites excluding steroid dienone is 3. The normalized spacial score (nSPS) is 26.2. The summed E-state index contributed by atoms with van der Waals surface area (Å²) >= 11 is 0. The van der Waals surface area contributed by atoms with Gasteiger partial charge in [0.15, 0.2) is 11.3 Å². The molecule has 1 fully saturated rings. The van der Waals surface area contributed by atoms with Crippen molar-refractivity contribution >= 4 is 26.6 Å². The lowest BCUT2D eigenvalue weighted by atomic mass is 9.79. The lowest BCUT2D eigenvalue weighted by molar-refractivity contribution is 0.378. The maximum Gasteiger partial charge on any atom is 0.255 e. The molecule has 2 aliphatic carbocycles. The van der Waals surface area contributed by atoms with E-state index in [0.717, 1.165) is 24.8 Å². The summed E-state index contributed by atoms with van der Waals surface area (Å²) in [4.78, 5) is 7.37. The van der Waals surface area contributed by atoms with Gasteiger partial charge in [0.2, 0.25) is 9.84 Å². The first-order chi connectivity index (χ1) is 15.5. The van der Waals surface area contributed by atoms with Crippen LogP contribution < -0.4 is 0 Å². The molecule has 1 saturated carbocycles. The second-order valence-corrected chi connectivity index (χ2v) is 10.9. The molecular weight excluding hydrogens is 424 g/mol. The lowest BCUT2D eigenvalue weighted by Gasteiger charge is -2.39. The van der Waals surface area contributed by atoms with Crippen LogP contribution in [-0.2, 0) is 9.84 Å². The van der Waals surface area contributed by atoms with Crippen LogP contribution in [0.4, 0.5) is 0 Å². The van der Waals surface area contributed by atoms with E-state index in [0.29, 0.717) is 29.3 Å². The summed E-state index contributed by atoms with van der Waals surface area (Å²) in [6.07, 6.45) is 16.4. The highest BCUT2D eigenvalue weighted by Crippen LogP contribution is 2.51. The molecule has 4 heterocycles.